The topological polar surface area (TPSA) is 165 Å². The van der Waals surface area contributed by atoms with Crippen molar-refractivity contribution in [2.75, 3.05) is 35.7 Å². The Balaban J connectivity index is 0.959. The Morgan fingerprint density at radius 1 is 0.907 bits per heavy atom. The second-order valence-electron chi connectivity index (χ2n) is 13.2. The SMILES string of the molecule is CNC(=O)c1ccccc1Nc1cc(Nc2ccc(CN[C@H]3CCN(c4ccc5c(c4)C(=O)N(C4CCC(=O)NC4=O)C5=O)C3)cc2)ncc1C(F)(F)F. The van der Waals surface area contributed by atoms with Crippen molar-refractivity contribution in [3.63, 3.8) is 0 Å². The van der Waals surface area contributed by atoms with Crippen molar-refractivity contribution in [1.29, 1.82) is 0 Å². The predicted molar refractivity (Wildman–Crippen MR) is 193 cm³/mol. The van der Waals surface area contributed by atoms with Gasteiger partial charge in [0.2, 0.25) is 11.8 Å². The number of alkyl halides is 3. The molecule has 0 saturated carbocycles. The highest BCUT2D eigenvalue weighted by molar-refractivity contribution is 6.23. The number of nitrogens with one attached hydrogen (secondary N) is 5. The summed E-state index contributed by atoms with van der Waals surface area (Å²) in [6.07, 6.45) is -2.98. The molecule has 2 saturated heterocycles. The zero-order valence-corrected chi connectivity index (χ0v) is 28.9. The van der Waals surface area contributed by atoms with Crippen LogP contribution in [-0.2, 0) is 22.3 Å². The number of pyridine rings is 1. The fourth-order valence-corrected chi connectivity index (χ4v) is 6.86. The number of halogens is 3. The largest absolute Gasteiger partial charge is 0.419 e. The number of amides is 5. The first kappa shape index (κ1) is 36.1. The number of nitrogens with zero attached hydrogens (tertiary/aromatic N) is 3. The zero-order chi connectivity index (χ0) is 38.1. The van der Waals surface area contributed by atoms with Crippen LogP contribution in [0.25, 0.3) is 0 Å². The van der Waals surface area contributed by atoms with Gasteiger partial charge in [0.15, 0.2) is 0 Å². The molecular formula is C38H35F3N8O5. The van der Waals surface area contributed by atoms with Crippen molar-refractivity contribution in [3.8, 4) is 0 Å². The Morgan fingerprint density at radius 3 is 2.41 bits per heavy atom. The maximum atomic E-state index is 13.9. The number of aromatic nitrogens is 1. The zero-order valence-electron chi connectivity index (χ0n) is 28.9. The monoisotopic (exact) mass is 740 g/mol. The smallest absolute Gasteiger partial charge is 0.370 e. The van der Waals surface area contributed by atoms with Crippen LogP contribution in [0.15, 0.2) is 79.0 Å². The molecule has 5 N–H and O–H groups in total. The Hall–Kier alpha value is -6.29. The van der Waals surface area contributed by atoms with E-state index in [2.05, 4.69) is 36.5 Å². The molecule has 0 radical (unpaired) electrons. The van der Waals surface area contributed by atoms with Crippen LogP contribution in [0.4, 0.5) is 41.7 Å². The second kappa shape index (κ2) is 14.6. The average molecular weight is 741 g/mol. The van der Waals surface area contributed by atoms with Crippen molar-refractivity contribution >= 4 is 58.1 Å². The number of rotatable bonds is 10. The van der Waals surface area contributed by atoms with E-state index in [-0.39, 0.29) is 52.8 Å². The highest BCUT2D eigenvalue weighted by Crippen LogP contribution is 2.38. The molecule has 3 aromatic carbocycles. The van der Waals surface area contributed by atoms with Gasteiger partial charge in [-0.05, 0) is 60.9 Å². The number of hydrogen-bond donors (Lipinski definition) is 5. The Morgan fingerprint density at radius 2 is 1.67 bits per heavy atom. The third-order valence-corrected chi connectivity index (χ3v) is 9.68. The summed E-state index contributed by atoms with van der Waals surface area (Å²) in [5.74, 6) is -2.45. The van der Waals surface area contributed by atoms with Crippen LogP contribution in [0.3, 0.4) is 0 Å². The lowest BCUT2D eigenvalue weighted by Gasteiger charge is -2.27. The quantitative estimate of drug-likeness (QED) is 0.144. The number of fused-ring (bicyclic) bond motifs is 1. The lowest BCUT2D eigenvalue weighted by molar-refractivity contribution is -0.137. The maximum absolute atomic E-state index is 13.9. The van der Waals surface area contributed by atoms with Crippen LogP contribution < -0.4 is 31.5 Å². The van der Waals surface area contributed by atoms with E-state index in [1.165, 1.54) is 25.2 Å². The van der Waals surface area contributed by atoms with Gasteiger partial charge in [-0.1, -0.05) is 24.3 Å². The van der Waals surface area contributed by atoms with E-state index in [9.17, 15) is 37.1 Å². The molecular weight excluding hydrogens is 705 g/mol. The van der Waals surface area contributed by atoms with Gasteiger partial charge in [0.05, 0.1) is 33.6 Å². The molecule has 0 aliphatic carbocycles. The number of piperidine rings is 1. The highest BCUT2D eigenvalue weighted by Gasteiger charge is 2.45. The highest BCUT2D eigenvalue weighted by atomic mass is 19.4. The normalized spacial score (nSPS) is 18.4. The summed E-state index contributed by atoms with van der Waals surface area (Å²) in [7, 11) is 1.44. The van der Waals surface area contributed by atoms with E-state index in [1.807, 2.05) is 12.1 Å². The summed E-state index contributed by atoms with van der Waals surface area (Å²) >= 11 is 0. The molecule has 278 valence electrons. The molecule has 0 bridgehead atoms. The minimum atomic E-state index is -4.69. The summed E-state index contributed by atoms with van der Waals surface area (Å²) in [4.78, 5) is 69.7. The first-order chi connectivity index (χ1) is 25.9. The van der Waals surface area contributed by atoms with E-state index in [0.29, 0.717) is 25.3 Å². The fourth-order valence-electron chi connectivity index (χ4n) is 6.86. The summed E-state index contributed by atoms with van der Waals surface area (Å²) in [5.41, 5.74) is 1.97. The Kier molecular flexibility index (Phi) is 9.77. The lowest BCUT2D eigenvalue weighted by Crippen LogP contribution is -2.54. The van der Waals surface area contributed by atoms with Gasteiger partial charge in [-0.25, -0.2) is 4.98 Å². The molecule has 3 aliphatic heterocycles. The van der Waals surface area contributed by atoms with Gasteiger partial charge in [-0.3, -0.25) is 34.2 Å². The van der Waals surface area contributed by atoms with Crippen molar-refractivity contribution in [2.45, 2.75) is 44.1 Å². The number of imide groups is 2. The minimum absolute atomic E-state index is 0.0522. The maximum Gasteiger partial charge on any atom is 0.419 e. The van der Waals surface area contributed by atoms with Crippen LogP contribution in [0.5, 0.6) is 0 Å². The van der Waals surface area contributed by atoms with Crippen LogP contribution in [0.1, 0.15) is 61.5 Å². The molecule has 2 atom stereocenters. The van der Waals surface area contributed by atoms with Gasteiger partial charge < -0.3 is 26.2 Å². The van der Waals surface area contributed by atoms with Gasteiger partial charge in [0.25, 0.3) is 17.7 Å². The third kappa shape index (κ3) is 7.32. The number of hydrogen-bond acceptors (Lipinski definition) is 10. The number of anilines is 5. The van der Waals surface area contributed by atoms with Crippen LogP contribution in [0, 0.1) is 0 Å². The summed E-state index contributed by atoms with van der Waals surface area (Å²) in [5, 5.41) is 14.0. The number of para-hydroxylation sites is 1. The molecule has 2 fully saturated rings. The standard InChI is InChI=1S/C38H35F3N8O5/c1-42-34(51)26-4-2-3-5-29(26)46-30-17-32(44-19-28(30)38(39,40)41)45-22-8-6-21(7-9-22)18-43-23-14-15-48(20-23)24-10-11-25-27(16-24)37(54)49(36(25)53)31-12-13-33(50)47-35(31)52/h2-11,16-17,19,23,31,43H,12-15,18,20H2,1H3,(H,42,51)(H2,44,45,46)(H,47,50,52)/t23-,31?/m0/s1. The van der Waals surface area contributed by atoms with E-state index < -0.39 is 47.3 Å². The van der Waals surface area contributed by atoms with Crippen LogP contribution >= 0.6 is 0 Å². The van der Waals surface area contributed by atoms with Crippen molar-refractivity contribution in [1.82, 2.24) is 25.8 Å². The van der Waals surface area contributed by atoms with Gasteiger partial charge in [0, 0.05) is 62.8 Å². The van der Waals surface area contributed by atoms with Crippen molar-refractivity contribution < 1.29 is 37.1 Å². The number of benzene rings is 3. The number of carbonyl (C=O) groups is 5. The van der Waals surface area contributed by atoms with E-state index in [0.717, 1.165) is 28.8 Å². The molecule has 13 nitrogen and oxygen atoms in total. The summed E-state index contributed by atoms with van der Waals surface area (Å²) < 4.78 is 41.7. The first-order valence-corrected chi connectivity index (χ1v) is 17.2. The van der Waals surface area contributed by atoms with Gasteiger partial charge in [-0.15, -0.1) is 0 Å². The second-order valence-corrected chi connectivity index (χ2v) is 13.2. The summed E-state index contributed by atoms with van der Waals surface area (Å²) in [6.45, 7) is 1.92. The molecule has 1 unspecified atom stereocenters. The van der Waals surface area contributed by atoms with Crippen LogP contribution in [0.2, 0.25) is 0 Å². The molecule has 3 aliphatic rings. The van der Waals surface area contributed by atoms with Crippen molar-refractivity contribution in [3.05, 3.63) is 107 Å². The van der Waals surface area contributed by atoms with Crippen LogP contribution in [-0.4, -0.2) is 71.6 Å². The minimum Gasteiger partial charge on any atom is -0.370 e. The fraction of sp³-hybridized carbons (Fsp3) is 0.263. The molecule has 4 heterocycles. The van der Waals surface area contributed by atoms with Gasteiger partial charge >= 0.3 is 6.18 Å². The van der Waals surface area contributed by atoms with E-state index in [4.69, 9.17) is 0 Å². The molecule has 4 aromatic rings. The summed E-state index contributed by atoms with van der Waals surface area (Å²) in [6, 6.07) is 19.1. The van der Waals surface area contributed by atoms with E-state index >= 15 is 0 Å². The first-order valence-electron chi connectivity index (χ1n) is 17.2. The molecule has 5 amide bonds. The lowest BCUT2D eigenvalue weighted by atomic mass is 10.0. The molecule has 54 heavy (non-hydrogen) atoms. The molecule has 7 rings (SSSR count). The third-order valence-electron chi connectivity index (χ3n) is 9.68. The Labute approximate surface area is 307 Å². The van der Waals surface area contributed by atoms with Gasteiger partial charge in [0.1, 0.15) is 11.9 Å². The Bertz CT molecular complexity index is 2160. The average Bonchev–Trinajstić information content (AvgIpc) is 3.73. The van der Waals surface area contributed by atoms with E-state index in [1.54, 1.807) is 42.5 Å². The predicted octanol–water partition coefficient (Wildman–Crippen LogP) is 4.72. The molecule has 1 aromatic heterocycles. The van der Waals surface area contributed by atoms with Crippen molar-refractivity contribution in [2.24, 2.45) is 0 Å². The molecule has 0 spiro atoms. The van der Waals surface area contributed by atoms with Gasteiger partial charge in [-0.2, -0.15) is 13.2 Å². The number of carbonyl (C=O) groups excluding carboxylic acids is 5. The molecule has 16 heteroatoms.